The Hall–Kier alpha value is -3.53. The zero-order chi connectivity index (χ0) is 31.6. The van der Waals surface area contributed by atoms with Crippen LogP contribution in [0.2, 0.25) is 10.0 Å². The zero-order valence-corrected chi connectivity index (χ0v) is 26.9. The average molecular weight is 642 g/mol. The number of likely N-dealkylation sites (tertiary alicyclic amines) is 2. The van der Waals surface area contributed by atoms with E-state index in [-0.39, 0.29) is 29.7 Å². The van der Waals surface area contributed by atoms with E-state index in [2.05, 4.69) is 16.8 Å². The zero-order valence-electron chi connectivity index (χ0n) is 25.4. The number of ether oxygens (including phenoxy) is 3. The van der Waals surface area contributed by atoms with Crippen LogP contribution in [0.25, 0.3) is 0 Å². The van der Waals surface area contributed by atoms with Crippen LogP contribution in [0.1, 0.15) is 47.2 Å². The average Bonchev–Trinajstić information content (AvgIpc) is 3.55. The number of primary amides is 1. The minimum Gasteiger partial charge on any atom is -0.493 e. The van der Waals surface area contributed by atoms with Gasteiger partial charge in [-0.3, -0.25) is 19.5 Å². The van der Waals surface area contributed by atoms with Gasteiger partial charge in [0.05, 0.1) is 36.8 Å². The maximum Gasteiger partial charge on any atom is 0.254 e. The number of hydrogen-bond donors (Lipinski definition) is 1. The Kier molecular flexibility index (Phi) is 9.58. The summed E-state index contributed by atoms with van der Waals surface area (Å²) >= 11 is 12.7. The van der Waals surface area contributed by atoms with Crippen LogP contribution in [0.3, 0.4) is 0 Å². The molecule has 9 nitrogen and oxygen atoms in total. The number of nitrogens with zero attached hydrogens (tertiary/aromatic N) is 3. The summed E-state index contributed by atoms with van der Waals surface area (Å²) < 4.78 is 16.3. The molecular formula is C33H38Cl2N4O5. The molecule has 2 fully saturated rings. The molecule has 44 heavy (non-hydrogen) atoms. The molecular weight excluding hydrogens is 603 g/mol. The number of nitrogens with two attached hydrogens (primary N) is 1. The molecule has 2 aliphatic rings. The fraction of sp³-hybridized carbons (Fsp3) is 0.424. The second kappa shape index (κ2) is 13.2. The van der Waals surface area contributed by atoms with Gasteiger partial charge in [-0.15, -0.1) is 0 Å². The van der Waals surface area contributed by atoms with Crippen molar-refractivity contribution in [3.8, 4) is 17.2 Å². The van der Waals surface area contributed by atoms with Gasteiger partial charge >= 0.3 is 0 Å². The molecule has 3 aromatic rings. The lowest BCUT2D eigenvalue weighted by molar-refractivity contribution is -0.126. The van der Waals surface area contributed by atoms with Gasteiger partial charge in [0.1, 0.15) is 0 Å². The summed E-state index contributed by atoms with van der Waals surface area (Å²) in [6.07, 6.45) is 4.77. The molecule has 4 atom stereocenters. The topological polar surface area (TPSA) is 107 Å². The highest BCUT2D eigenvalue weighted by molar-refractivity contribution is 6.42. The maximum absolute atomic E-state index is 13.6. The number of pyridine rings is 1. The van der Waals surface area contributed by atoms with Gasteiger partial charge in [0.25, 0.3) is 5.91 Å². The molecule has 2 amide bonds. The highest BCUT2D eigenvalue weighted by atomic mass is 35.5. The number of carbonyl (C=O) groups is 2. The lowest BCUT2D eigenvalue weighted by atomic mass is 9.63. The quantitative estimate of drug-likeness (QED) is 0.343. The normalized spacial score (nSPS) is 22.8. The first-order valence-corrected chi connectivity index (χ1v) is 15.4. The monoisotopic (exact) mass is 640 g/mol. The van der Waals surface area contributed by atoms with Gasteiger partial charge in [-0.05, 0) is 79.8 Å². The van der Waals surface area contributed by atoms with Crippen molar-refractivity contribution in [3.63, 3.8) is 0 Å². The first-order chi connectivity index (χ1) is 21.1. The van der Waals surface area contributed by atoms with E-state index in [1.807, 2.05) is 29.2 Å². The molecule has 0 radical (unpaired) electrons. The Morgan fingerprint density at radius 1 is 0.955 bits per heavy atom. The lowest BCUT2D eigenvalue weighted by Crippen LogP contribution is -2.57. The van der Waals surface area contributed by atoms with Crippen molar-refractivity contribution in [1.29, 1.82) is 0 Å². The first kappa shape index (κ1) is 31.9. The predicted molar refractivity (Wildman–Crippen MR) is 170 cm³/mol. The number of halogens is 2. The third kappa shape index (κ3) is 5.80. The second-order valence-electron chi connectivity index (χ2n) is 11.5. The summed E-state index contributed by atoms with van der Waals surface area (Å²) in [6, 6.07) is 12.8. The van der Waals surface area contributed by atoms with Crippen LogP contribution in [0.4, 0.5) is 0 Å². The Morgan fingerprint density at radius 3 is 2.23 bits per heavy atom. The summed E-state index contributed by atoms with van der Waals surface area (Å²) in [7, 11) is 4.60. The van der Waals surface area contributed by atoms with Crippen molar-refractivity contribution < 1.29 is 23.8 Å². The molecule has 0 aliphatic carbocycles. The smallest absolute Gasteiger partial charge is 0.254 e. The number of piperidine rings is 1. The summed E-state index contributed by atoms with van der Waals surface area (Å²) in [6.45, 7) is 4.70. The second-order valence-corrected chi connectivity index (χ2v) is 12.3. The van der Waals surface area contributed by atoms with E-state index in [0.717, 1.165) is 17.5 Å². The molecule has 2 aliphatic heterocycles. The first-order valence-electron chi connectivity index (χ1n) is 14.6. The minimum absolute atomic E-state index is 0.0864. The highest BCUT2D eigenvalue weighted by Gasteiger charge is 2.51. The van der Waals surface area contributed by atoms with E-state index in [9.17, 15) is 9.59 Å². The molecule has 234 valence electrons. The number of benzene rings is 2. The van der Waals surface area contributed by atoms with Crippen molar-refractivity contribution in [2.75, 3.05) is 47.5 Å². The number of amides is 2. The third-order valence-electron chi connectivity index (χ3n) is 9.47. The fourth-order valence-corrected chi connectivity index (χ4v) is 7.25. The van der Waals surface area contributed by atoms with Gasteiger partial charge in [0, 0.05) is 49.6 Å². The Bertz CT molecular complexity index is 1500. The van der Waals surface area contributed by atoms with Gasteiger partial charge in [-0.1, -0.05) is 29.3 Å². The Labute approximate surface area is 268 Å². The van der Waals surface area contributed by atoms with Crippen molar-refractivity contribution in [2.45, 2.75) is 37.1 Å². The van der Waals surface area contributed by atoms with E-state index < -0.39 is 5.41 Å². The maximum atomic E-state index is 13.6. The minimum atomic E-state index is -0.944. The summed E-state index contributed by atoms with van der Waals surface area (Å²) in [4.78, 5) is 35.5. The SMILES string of the molecule is COc1cc(C(=O)N2CCC(C(C)N3CCC(C(N)=O)(c4ccncc4)C(c4ccc(Cl)c(Cl)c4)C3)C2)cc(OC)c1OC. The summed E-state index contributed by atoms with van der Waals surface area (Å²) in [5.74, 6) is 0.817. The molecule has 0 saturated carbocycles. The molecule has 2 aromatic carbocycles. The molecule has 5 rings (SSSR count). The molecule has 11 heteroatoms. The number of carbonyl (C=O) groups excluding carboxylic acids is 2. The number of hydrogen-bond acceptors (Lipinski definition) is 7. The van der Waals surface area contributed by atoms with E-state index >= 15 is 0 Å². The van der Waals surface area contributed by atoms with Crippen molar-refractivity contribution >= 4 is 35.0 Å². The molecule has 2 saturated heterocycles. The van der Waals surface area contributed by atoms with Crippen LogP contribution in [0, 0.1) is 5.92 Å². The van der Waals surface area contributed by atoms with Gasteiger partial charge in [0.2, 0.25) is 11.7 Å². The van der Waals surface area contributed by atoms with Gasteiger partial charge in [-0.25, -0.2) is 0 Å². The largest absolute Gasteiger partial charge is 0.493 e. The molecule has 0 bridgehead atoms. The lowest BCUT2D eigenvalue weighted by Gasteiger charge is -2.49. The van der Waals surface area contributed by atoms with Crippen LogP contribution in [0.15, 0.2) is 54.9 Å². The van der Waals surface area contributed by atoms with E-state index in [1.54, 1.807) is 30.6 Å². The number of aromatic nitrogens is 1. The van der Waals surface area contributed by atoms with E-state index in [1.165, 1.54) is 21.3 Å². The van der Waals surface area contributed by atoms with Crippen LogP contribution in [-0.4, -0.2) is 80.1 Å². The van der Waals surface area contributed by atoms with Crippen molar-refractivity contribution in [1.82, 2.24) is 14.8 Å². The van der Waals surface area contributed by atoms with E-state index in [4.69, 9.17) is 43.1 Å². The van der Waals surface area contributed by atoms with Gasteiger partial charge < -0.3 is 24.8 Å². The van der Waals surface area contributed by atoms with Crippen molar-refractivity contribution in [2.24, 2.45) is 11.7 Å². The standard InChI is InChI=1S/C33H38Cl2N4O5/c1-20(22-9-13-39(18-22)31(40)23-16-28(42-2)30(44-4)29(17-23)43-3)38-14-10-33(32(36)41,24-7-11-37-12-8-24)25(19-38)21-5-6-26(34)27(35)15-21/h5-8,11-12,15-17,20,22,25H,9-10,13-14,18-19H2,1-4H3,(H2,36,41). The van der Waals surface area contributed by atoms with E-state index in [0.29, 0.717) is 65.5 Å². The number of rotatable bonds is 9. The molecule has 0 spiro atoms. The van der Waals surface area contributed by atoms with Crippen LogP contribution < -0.4 is 19.9 Å². The predicted octanol–water partition coefficient (Wildman–Crippen LogP) is 5.18. The third-order valence-corrected chi connectivity index (χ3v) is 10.2. The van der Waals surface area contributed by atoms with Gasteiger partial charge in [0.15, 0.2) is 11.5 Å². The molecule has 2 N–H and O–H groups in total. The van der Waals surface area contributed by atoms with Crippen molar-refractivity contribution in [3.05, 3.63) is 81.6 Å². The molecule has 1 aromatic heterocycles. The van der Waals surface area contributed by atoms with Crippen LogP contribution in [-0.2, 0) is 10.2 Å². The summed E-state index contributed by atoms with van der Waals surface area (Å²) in [5.41, 5.74) is 7.51. The fourth-order valence-electron chi connectivity index (χ4n) is 6.95. The van der Waals surface area contributed by atoms with Crippen LogP contribution in [0.5, 0.6) is 17.2 Å². The van der Waals surface area contributed by atoms with Crippen LogP contribution >= 0.6 is 23.2 Å². The highest BCUT2D eigenvalue weighted by Crippen LogP contribution is 2.47. The summed E-state index contributed by atoms with van der Waals surface area (Å²) in [5, 5.41) is 0.882. The Morgan fingerprint density at radius 2 is 1.64 bits per heavy atom. The molecule has 4 unspecified atom stereocenters. The van der Waals surface area contributed by atoms with Gasteiger partial charge in [-0.2, -0.15) is 0 Å². The molecule has 3 heterocycles. The number of methoxy groups -OCH3 is 3. The Balaban J connectivity index is 1.39.